The number of carbonyl (C=O) groups is 1. The van der Waals surface area contributed by atoms with E-state index in [1.165, 1.54) is 0 Å². The summed E-state index contributed by atoms with van der Waals surface area (Å²) in [7, 11) is 0. The number of pyridine rings is 1. The monoisotopic (exact) mass is 277 g/mol. The second-order valence-electron chi connectivity index (χ2n) is 4.16. The maximum atomic E-state index is 12.3. The van der Waals surface area contributed by atoms with Crippen LogP contribution in [-0.2, 0) is 6.18 Å². The molecule has 1 rings (SSSR count). The number of rotatable bonds is 4. The van der Waals surface area contributed by atoms with Gasteiger partial charge < -0.3 is 16.0 Å². The first-order valence-corrected chi connectivity index (χ1v) is 5.54. The van der Waals surface area contributed by atoms with Gasteiger partial charge in [0.25, 0.3) is 11.5 Å². The molecule has 1 aromatic rings. The van der Waals surface area contributed by atoms with Crippen LogP contribution >= 0.6 is 0 Å². The first-order chi connectivity index (χ1) is 8.75. The maximum Gasteiger partial charge on any atom is 0.431 e. The van der Waals surface area contributed by atoms with Gasteiger partial charge in [-0.15, -0.1) is 0 Å². The van der Waals surface area contributed by atoms with E-state index in [2.05, 4.69) is 5.32 Å². The molecule has 1 atom stereocenters. The summed E-state index contributed by atoms with van der Waals surface area (Å²) in [6, 6.07) is 1.51. The summed E-state index contributed by atoms with van der Waals surface area (Å²) in [4.78, 5) is 24.6. The van der Waals surface area contributed by atoms with Crippen LogP contribution in [0.25, 0.3) is 0 Å². The van der Waals surface area contributed by atoms with Crippen molar-refractivity contribution in [2.24, 2.45) is 11.7 Å². The van der Waals surface area contributed by atoms with E-state index in [9.17, 15) is 22.8 Å². The van der Waals surface area contributed by atoms with Gasteiger partial charge in [0.2, 0.25) is 0 Å². The number of H-pyrrole nitrogens is 1. The van der Waals surface area contributed by atoms with E-state index in [0.29, 0.717) is 12.6 Å². The number of nitrogens with one attached hydrogen (secondary N) is 2. The van der Waals surface area contributed by atoms with Crippen LogP contribution in [0.15, 0.2) is 16.9 Å². The first kappa shape index (κ1) is 15.2. The number of hydrogen-bond acceptors (Lipinski definition) is 3. The van der Waals surface area contributed by atoms with Crippen molar-refractivity contribution in [3.05, 3.63) is 33.7 Å². The topological polar surface area (TPSA) is 88.0 Å². The molecular weight excluding hydrogens is 263 g/mol. The third-order valence-corrected chi connectivity index (χ3v) is 2.47. The fourth-order valence-corrected chi connectivity index (χ4v) is 1.26. The molecule has 0 saturated carbocycles. The molecule has 1 unspecified atom stereocenters. The highest BCUT2D eigenvalue weighted by molar-refractivity contribution is 5.93. The van der Waals surface area contributed by atoms with Gasteiger partial charge in [0.05, 0.1) is 0 Å². The summed E-state index contributed by atoms with van der Waals surface area (Å²) in [5.41, 5.74) is 2.72. The molecule has 0 bridgehead atoms. The van der Waals surface area contributed by atoms with E-state index in [1.807, 2.05) is 0 Å². The molecule has 0 fully saturated rings. The van der Waals surface area contributed by atoms with E-state index < -0.39 is 23.3 Å². The number of alkyl halides is 3. The Kier molecular flexibility index (Phi) is 4.71. The molecule has 1 heterocycles. The lowest BCUT2D eigenvalue weighted by Gasteiger charge is -2.10. The number of aromatic amines is 1. The fraction of sp³-hybridized carbons (Fsp3) is 0.455. The van der Waals surface area contributed by atoms with Crippen LogP contribution in [0.2, 0.25) is 0 Å². The Labute approximate surface area is 107 Å². The molecule has 8 heteroatoms. The van der Waals surface area contributed by atoms with Gasteiger partial charge in [0.15, 0.2) is 0 Å². The summed E-state index contributed by atoms with van der Waals surface area (Å²) in [6.45, 7) is 2.39. The molecule has 0 radical (unpaired) electrons. The van der Waals surface area contributed by atoms with Gasteiger partial charge in [0, 0.05) is 6.54 Å². The maximum absolute atomic E-state index is 12.3. The number of nitrogens with two attached hydrogens (primary N) is 1. The van der Waals surface area contributed by atoms with Crippen molar-refractivity contribution in [3.63, 3.8) is 0 Å². The minimum atomic E-state index is -4.65. The van der Waals surface area contributed by atoms with Crippen molar-refractivity contribution in [2.75, 3.05) is 13.1 Å². The Morgan fingerprint density at radius 2 is 2.11 bits per heavy atom. The van der Waals surface area contributed by atoms with Gasteiger partial charge in [-0.05, 0) is 24.6 Å². The third kappa shape index (κ3) is 4.09. The van der Waals surface area contributed by atoms with Crippen LogP contribution in [-0.4, -0.2) is 24.0 Å². The quantitative estimate of drug-likeness (QED) is 0.757. The van der Waals surface area contributed by atoms with Crippen LogP contribution in [0.4, 0.5) is 13.2 Å². The molecule has 0 aliphatic rings. The predicted molar refractivity (Wildman–Crippen MR) is 62.6 cm³/mol. The van der Waals surface area contributed by atoms with Crippen molar-refractivity contribution in [2.45, 2.75) is 13.1 Å². The third-order valence-electron chi connectivity index (χ3n) is 2.47. The van der Waals surface area contributed by atoms with Crippen LogP contribution < -0.4 is 16.6 Å². The standard InChI is InChI=1S/C11H14F3N3O2/c1-6(4-15)5-16-9(18)7-2-3-8(11(12,13)14)17-10(7)19/h2-3,6H,4-5,15H2,1H3,(H,16,18)(H,17,19). The fourth-order valence-electron chi connectivity index (χ4n) is 1.26. The molecule has 5 nitrogen and oxygen atoms in total. The highest BCUT2D eigenvalue weighted by Crippen LogP contribution is 2.26. The van der Waals surface area contributed by atoms with Crippen molar-refractivity contribution in [3.8, 4) is 0 Å². The number of amides is 1. The molecule has 4 N–H and O–H groups in total. The minimum Gasteiger partial charge on any atom is -0.352 e. The highest BCUT2D eigenvalue weighted by Gasteiger charge is 2.32. The van der Waals surface area contributed by atoms with Gasteiger partial charge in [0.1, 0.15) is 11.3 Å². The average Bonchev–Trinajstić information content (AvgIpc) is 2.34. The number of halogens is 3. The van der Waals surface area contributed by atoms with Crippen molar-refractivity contribution < 1.29 is 18.0 Å². The summed E-state index contributed by atoms with van der Waals surface area (Å²) < 4.78 is 36.9. The van der Waals surface area contributed by atoms with E-state index in [0.717, 1.165) is 6.07 Å². The number of carbonyl (C=O) groups excluding carboxylic acids is 1. The van der Waals surface area contributed by atoms with Gasteiger partial charge in [-0.3, -0.25) is 9.59 Å². The number of hydrogen-bond donors (Lipinski definition) is 3. The Bertz CT molecular complexity index is 511. The number of aromatic nitrogens is 1. The Hall–Kier alpha value is -1.83. The summed E-state index contributed by atoms with van der Waals surface area (Å²) in [6.07, 6.45) is -4.65. The summed E-state index contributed by atoms with van der Waals surface area (Å²) >= 11 is 0. The Morgan fingerprint density at radius 1 is 1.47 bits per heavy atom. The van der Waals surface area contributed by atoms with E-state index in [4.69, 9.17) is 5.73 Å². The molecule has 0 aliphatic heterocycles. The second kappa shape index (κ2) is 5.87. The SMILES string of the molecule is CC(CN)CNC(=O)c1ccc(C(F)(F)F)[nH]c1=O. The molecule has 0 aromatic carbocycles. The van der Waals surface area contributed by atoms with Crippen LogP contribution in [0.1, 0.15) is 23.0 Å². The van der Waals surface area contributed by atoms with Crippen LogP contribution in [0, 0.1) is 5.92 Å². The lowest BCUT2D eigenvalue weighted by Crippen LogP contribution is -2.35. The highest BCUT2D eigenvalue weighted by atomic mass is 19.4. The normalized spacial score (nSPS) is 13.1. The Morgan fingerprint density at radius 3 is 2.58 bits per heavy atom. The lowest BCUT2D eigenvalue weighted by molar-refractivity contribution is -0.141. The first-order valence-electron chi connectivity index (χ1n) is 5.54. The zero-order chi connectivity index (χ0) is 14.6. The van der Waals surface area contributed by atoms with Crippen LogP contribution in [0.3, 0.4) is 0 Å². The second-order valence-corrected chi connectivity index (χ2v) is 4.16. The molecule has 0 spiro atoms. The molecule has 106 valence electrons. The summed E-state index contributed by atoms with van der Waals surface area (Å²) in [5.74, 6) is -0.715. The minimum absolute atomic E-state index is 0.0116. The zero-order valence-corrected chi connectivity index (χ0v) is 10.2. The molecule has 1 aromatic heterocycles. The largest absolute Gasteiger partial charge is 0.431 e. The smallest absolute Gasteiger partial charge is 0.352 e. The molecular formula is C11H14F3N3O2. The van der Waals surface area contributed by atoms with E-state index >= 15 is 0 Å². The molecule has 1 amide bonds. The molecule has 19 heavy (non-hydrogen) atoms. The van der Waals surface area contributed by atoms with Gasteiger partial charge in [-0.1, -0.05) is 6.92 Å². The average molecular weight is 277 g/mol. The Balaban J connectivity index is 2.86. The van der Waals surface area contributed by atoms with Crippen molar-refractivity contribution in [1.82, 2.24) is 10.3 Å². The summed E-state index contributed by atoms with van der Waals surface area (Å²) in [5, 5.41) is 2.43. The van der Waals surface area contributed by atoms with Crippen molar-refractivity contribution in [1.29, 1.82) is 0 Å². The van der Waals surface area contributed by atoms with Crippen LogP contribution in [0.5, 0.6) is 0 Å². The van der Waals surface area contributed by atoms with Crippen molar-refractivity contribution >= 4 is 5.91 Å². The zero-order valence-electron chi connectivity index (χ0n) is 10.2. The predicted octanol–water partition coefficient (Wildman–Crippen LogP) is 0.718. The van der Waals surface area contributed by atoms with Gasteiger partial charge in [-0.2, -0.15) is 13.2 Å². The molecule has 0 saturated heterocycles. The van der Waals surface area contributed by atoms with E-state index in [-0.39, 0.29) is 18.0 Å². The molecule has 0 aliphatic carbocycles. The van der Waals surface area contributed by atoms with E-state index in [1.54, 1.807) is 11.9 Å². The van der Waals surface area contributed by atoms with Gasteiger partial charge in [-0.25, -0.2) is 0 Å². The lowest BCUT2D eigenvalue weighted by atomic mass is 10.1. The van der Waals surface area contributed by atoms with Gasteiger partial charge >= 0.3 is 6.18 Å².